The van der Waals surface area contributed by atoms with Crippen molar-refractivity contribution in [3.8, 4) is 0 Å². The monoisotopic (exact) mass is 524 g/mol. The summed E-state index contributed by atoms with van der Waals surface area (Å²) in [6, 6.07) is -0.623. The average molecular weight is 525 g/mol. The fraction of sp³-hybridized carbons (Fsp3) is 0.938. The summed E-state index contributed by atoms with van der Waals surface area (Å²) in [4.78, 5) is 23.7. The number of carboxylic acid groups (broad SMARTS) is 1. The van der Waals surface area contributed by atoms with Gasteiger partial charge in [0.05, 0.1) is 12.5 Å². The van der Waals surface area contributed by atoms with Gasteiger partial charge in [0.25, 0.3) is 0 Å². The van der Waals surface area contributed by atoms with Gasteiger partial charge in [-0.2, -0.15) is 0 Å². The number of aliphatic carboxylic acids is 1. The molecule has 0 fully saturated rings. The van der Waals surface area contributed by atoms with E-state index in [2.05, 4.69) is 24.5 Å². The molecule has 5 nitrogen and oxygen atoms in total. The van der Waals surface area contributed by atoms with Gasteiger partial charge in [-0.3, -0.25) is 9.59 Å². The van der Waals surface area contributed by atoms with Crippen molar-refractivity contribution in [3.63, 3.8) is 0 Å². The summed E-state index contributed by atoms with van der Waals surface area (Å²) in [5, 5.41) is 15.3. The molecule has 0 bridgehead atoms. The third-order valence-corrected chi connectivity index (χ3v) is 7.45. The average Bonchev–Trinajstić information content (AvgIpc) is 2.88. The molecule has 3 N–H and O–H groups in total. The van der Waals surface area contributed by atoms with E-state index >= 15 is 0 Å². The van der Waals surface area contributed by atoms with E-state index in [1.807, 2.05) is 0 Å². The molecule has 1 amide bonds. The van der Waals surface area contributed by atoms with Crippen LogP contribution in [0.1, 0.15) is 174 Å². The zero-order valence-corrected chi connectivity index (χ0v) is 24.9. The van der Waals surface area contributed by atoms with Crippen LogP contribution in [0.2, 0.25) is 0 Å². The summed E-state index contributed by atoms with van der Waals surface area (Å²) in [6.45, 7) is 5.87. The molecule has 5 heteroatoms. The van der Waals surface area contributed by atoms with Gasteiger partial charge in [-0.05, 0) is 19.4 Å². The van der Waals surface area contributed by atoms with Crippen molar-refractivity contribution < 1.29 is 14.7 Å². The minimum atomic E-state index is -0.924. The van der Waals surface area contributed by atoms with Gasteiger partial charge in [-0.25, -0.2) is 0 Å². The summed E-state index contributed by atoms with van der Waals surface area (Å²) in [5.74, 6) is -1.09. The molecule has 0 aliphatic rings. The molecule has 0 rings (SSSR count). The van der Waals surface area contributed by atoms with E-state index in [0.717, 1.165) is 25.7 Å². The minimum Gasteiger partial charge on any atom is -0.481 e. The van der Waals surface area contributed by atoms with Gasteiger partial charge in [0.1, 0.15) is 0 Å². The first kappa shape index (κ1) is 35.9. The highest BCUT2D eigenvalue weighted by Crippen LogP contribution is 2.13. The summed E-state index contributed by atoms with van der Waals surface area (Å²) in [6.07, 6.45) is 31.0. The third kappa shape index (κ3) is 27.7. The molecule has 0 aliphatic carbocycles. The van der Waals surface area contributed by atoms with Crippen LogP contribution in [0.25, 0.3) is 0 Å². The molecule has 0 saturated heterocycles. The predicted molar refractivity (Wildman–Crippen MR) is 159 cm³/mol. The lowest BCUT2D eigenvalue weighted by Gasteiger charge is -2.17. The Hall–Kier alpha value is -1.10. The third-order valence-electron chi connectivity index (χ3n) is 7.45. The number of unbranched alkanes of at least 4 members (excludes halogenated alkanes) is 22. The van der Waals surface area contributed by atoms with E-state index in [4.69, 9.17) is 0 Å². The van der Waals surface area contributed by atoms with Crippen LogP contribution in [0.15, 0.2) is 0 Å². The SMILES string of the molecule is CCCCCCCCCCCCCCCCN[C@@H](CC(=O)O)C(=O)NCCCCCCCCCCCC. The van der Waals surface area contributed by atoms with Crippen molar-refractivity contribution >= 4 is 11.9 Å². The van der Waals surface area contributed by atoms with Gasteiger partial charge in [0.15, 0.2) is 0 Å². The van der Waals surface area contributed by atoms with E-state index in [9.17, 15) is 14.7 Å². The van der Waals surface area contributed by atoms with Crippen molar-refractivity contribution in [1.82, 2.24) is 10.6 Å². The van der Waals surface area contributed by atoms with Gasteiger partial charge in [-0.15, -0.1) is 0 Å². The van der Waals surface area contributed by atoms with Crippen molar-refractivity contribution in [2.24, 2.45) is 0 Å². The van der Waals surface area contributed by atoms with Crippen LogP contribution >= 0.6 is 0 Å². The van der Waals surface area contributed by atoms with Gasteiger partial charge in [0.2, 0.25) is 5.91 Å². The standard InChI is InChI=1S/C32H64N2O3/c1-3-5-7-9-11-13-15-16-17-18-20-21-23-25-27-33-30(29-31(35)36)32(37)34-28-26-24-22-19-14-12-10-8-6-4-2/h30,33H,3-29H2,1-2H3,(H,34,37)(H,35,36)/t30-/m0/s1. The Morgan fingerprint density at radius 1 is 0.514 bits per heavy atom. The van der Waals surface area contributed by atoms with Gasteiger partial charge >= 0.3 is 5.97 Å². The first-order valence-corrected chi connectivity index (χ1v) is 16.3. The van der Waals surface area contributed by atoms with Gasteiger partial charge < -0.3 is 15.7 Å². The molecule has 220 valence electrons. The number of rotatable bonds is 30. The highest BCUT2D eigenvalue weighted by molar-refractivity contribution is 5.86. The quantitative estimate of drug-likeness (QED) is 0.0819. The second-order valence-corrected chi connectivity index (χ2v) is 11.2. The molecule has 0 aliphatic heterocycles. The Bertz CT molecular complexity index is 498. The number of hydrogen-bond acceptors (Lipinski definition) is 3. The van der Waals surface area contributed by atoms with Crippen LogP contribution in [0, 0.1) is 0 Å². The normalized spacial score (nSPS) is 12.1. The van der Waals surface area contributed by atoms with Gasteiger partial charge in [0, 0.05) is 6.54 Å². The number of hydrogen-bond donors (Lipinski definition) is 3. The highest BCUT2D eigenvalue weighted by atomic mass is 16.4. The first-order chi connectivity index (χ1) is 18.1. The van der Waals surface area contributed by atoms with Crippen molar-refractivity contribution in [3.05, 3.63) is 0 Å². The lowest BCUT2D eigenvalue weighted by atomic mass is 10.0. The van der Waals surface area contributed by atoms with E-state index in [-0.39, 0.29) is 12.3 Å². The number of nitrogens with one attached hydrogen (secondary N) is 2. The number of carboxylic acids is 1. The Balaban J connectivity index is 3.65. The van der Waals surface area contributed by atoms with Crippen LogP contribution in [0.4, 0.5) is 0 Å². The lowest BCUT2D eigenvalue weighted by molar-refractivity contribution is -0.140. The van der Waals surface area contributed by atoms with Crippen molar-refractivity contribution in [2.75, 3.05) is 13.1 Å². The van der Waals surface area contributed by atoms with Crippen LogP contribution in [-0.4, -0.2) is 36.1 Å². The topological polar surface area (TPSA) is 78.4 Å². The van der Waals surface area contributed by atoms with Crippen molar-refractivity contribution in [2.45, 2.75) is 180 Å². The number of carbonyl (C=O) groups excluding carboxylic acids is 1. The second-order valence-electron chi connectivity index (χ2n) is 11.2. The molecule has 0 unspecified atom stereocenters. The maximum absolute atomic E-state index is 12.5. The van der Waals surface area contributed by atoms with Gasteiger partial charge in [-0.1, -0.05) is 155 Å². The summed E-state index contributed by atoms with van der Waals surface area (Å²) < 4.78 is 0. The molecule has 37 heavy (non-hydrogen) atoms. The molecule has 0 radical (unpaired) electrons. The molecule has 0 aromatic carbocycles. The maximum atomic E-state index is 12.5. The largest absolute Gasteiger partial charge is 0.481 e. The van der Waals surface area contributed by atoms with E-state index in [0.29, 0.717) is 13.1 Å². The van der Waals surface area contributed by atoms with Crippen LogP contribution in [0.3, 0.4) is 0 Å². The molecule has 0 spiro atoms. The Morgan fingerprint density at radius 3 is 1.19 bits per heavy atom. The number of carbonyl (C=O) groups is 2. The molecule has 0 aromatic heterocycles. The van der Waals surface area contributed by atoms with E-state index in [1.54, 1.807) is 0 Å². The fourth-order valence-electron chi connectivity index (χ4n) is 4.98. The zero-order chi connectivity index (χ0) is 27.2. The first-order valence-electron chi connectivity index (χ1n) is 16.3. The molecular formula is C32H64N2O3. The molecule has 0 saturated carbocycles. The minimum absolute atomic E-state index is 0.150. The van der Waals surface area contributed by atoms with E-state index < -0.39 is 12.0 Å². The maximum Gasteiger partial charge on any atom is 0.305 e. The molecule has 0 aromatic rings. The van der Waals surface area contributed by atoms with Crippen molar-refractivity contribution in [1.29, 1.82) is 0 Å². The Labute approximate surface area is 230 Å². The van der Waals surface area contributed by atoms with E-state index in [1.165, 1.54) is 128 Å². The van der Waals surface area contributed by atoms with Crippen LogP contribution in [0.5, 0.6) is 0 Å². The fourth-order valence-corrected chi connectivity index (χ4v) is 4.98. The number of amides is 1. The van der Waals surface area contributed by atoms with Crippen LogP contribution < -0.4 is 10.6 Å². The lowest BCUT2D eigenvalue weighted by Crippen LogP contribution is -2.46. The second kappa shape index (κ2) is 29.5. The zero-order valence-electron chi connectivity index (χ0n) is 24.9. The molecular weight excluding hydrogens is 460 g/mol. The summed E-state index contributed by atoms with van der Waals surface area (Å²) in [7, 11) is 0. The molecule has 0 heterocycles. The smallest absolute Gasteiger partial charge is 0.305 e. The summed E-state index contributed by atoms with van der Waals surface area (Å²) >= 11 is 0. The molecule has 1 atom stereocenters. The summed E-state index contributed by atoms with van der Waals surface area (Å²) in [5.41, 5.74) is 0. The Kier molecular flexibility index (Phi) is 28.6. The highest BCUT2D eigenvalue weighted by Gasteiger charge is 2.20. The van der Waals surface area contributed by atoms with Crippen LogP contribution in [-0.2, 0) is 9.59 Å². The predicted octanol–water partition coefficient (Wildman–Crippen LogP) is 8.94. The Morgan fingerprint density at radius 2 is 0.838 bits per heavy atom.